The zero-order valence-electron chi connectivity index (χ0n) is 6.30. The largest absolute Gasteiger partial charge is 0.507 e. The molecule has 1 aromatic carbocycles. The van der Waals surface area contributed by atoms with Gasteiger partial charge in [-0.3, -0.25) is 4.79 Å². The van der Waals surface area contributed by atoms with Crippen molar-refractivity contribution in [1.82, 2.24) is 0 Å². The van der Waals surface area contributed by atoms with Crippen LogP contribution in [0.25, 0.3) is 0 Å². The summed E-state index contributed by atoms with van der Waals surface area (Å²) >= 11 is 2.03. The number of aromatic hydroxyl groups is 1. The minimum absolute atomic E-state index is 0.197. The number of aryl methyl sites for hydroxylation is 1. The molecule has 1 aromatic rings. The molecular formula is C9H7IO2. The van der Waals surface area contributed by atoms with E-state index >= 15 is 0 Å². The highest BCUT2D eigenvalue weighted by molar-refractivity contribution is 14.1. The van der Waals surface area contributed by atoms with Crippen LogP contribution in [0.2, 0.25) is 0 Å². The normalized spacial score (nSPS) is 14.9. The second-order valence-corrected chi connectivity index (χ2v) is 4.05. The monoisotopic (exact) mass is 274 g/mol. The molecule has 2 nitrogen and oxygen atoms in total. The van der Waals surface area contributed by atoms with Gasteiger partial charge in [0.15, 0.2) is 5.78 Å². The fourth-order valence-corrected chi connectivity index (χ4v) is 1.92. The molecule has 0 saturated carbocycles. The zero-order chi connectivity index (χ0) is 8.72. The fourth-order valence-electron chi connectivity index (χ4n) is 1.45. The summed E-state index contributed by atoms with van der Waals surface area (Å²) in [4.78, 5) is 11.2. The molecule has 1 N–H and O–H groups in total. The van der Waals surface area contributed by atoms with Crippen molar-refractivity contribution in [2.24, 2.45) is 0 Å². The summed E-state index contributed by atoms with van der Waals surface area (Å²) in [7, 11) is 0. The number of fused-ring (bicyclic) bond motifs is 1. The van der Waals surface area contributed by atoms with E-state index in [1.54, 1.807) is 12.1 Å². The molecule has 0 aromatic heterocycles. The van der Waals surface area contributed by atoms with E-state index in [0.29, 0.717) is 6.42 Å². The average molecular weight is 274 g/mol. The highest BCUT2D eigenvalue weighted by Crippen LogP contribution is 2.29. The number of halogens is 1. The first-order chi connectivity index (χ1) is 5.68. The quantitative estimate of drug-likeness (QED) is 0.736. The molecule has 3 heteroatoms. The van der Waals surface area contributed by atoms with Crippen molar-refractivity contribution in [3.63, 3.8) is 0 Å². The van der Waals surface area contributed by atoms with Crippen molar-refractivity contribution in [1.29, 1.82) is 0 Å². The third kappa shape index (κ3) is 1.12. The van der Waals surface area contributed by atoms with E-state index in [1.807, 2.05) is 22.6 Å². The molecule has 1 aliphatic rings. The molecule has 0 saturated heterocycles. The van der Waals surface area contributed by atoms with Gasteiger partial charge in [-0.25, -0.2) is 0 Å². The van der Waals surface area contributed by atoms with Crippen LogP contribution in [0, 0.1) is 3.57 Å². The van der Waals surface area contributed by atoms with Crippen molar-refractivity contribution in [2.75, 3.05) is 0 Å². The number of carbonyl (C=O) groups excluding carboxylic acids is 1. The summed E-state index contributed by atoms with van der Waals surface area (Å²) in [6.07, 6.45) is 1.37. The predicted molar refractivity (Wildman–Crippen MR) is 53.5 cm³/mol. The fraction of sp³-hybridized carbons (Fsp3) is 0.222. The van der Waals surface area contributed by atoms with E-state index in [9.17, 15) is 9.90 Å². The summed E-state index contributed by atoms with van der Waals surface area (Å²) in [5, 5.41) is 9.35. The van der Waals surface area contributed by atoms with Crippen molar-refractivity contribution < 1.29 is 9.90 Å². The average Bonchev–Trinajstić information content (AvgIpc) is 2.35. The SMILES string of the molecule is O=C1CCc2cc(O)c(I)cc21. The van der Waals surface area contributed by atoms with Crippen LogP contribution >= 0.6 is 22.6 Å². The summed E-state index contributed by atoms with van der Waals surface area (Å²) in [6, 6.07) is 3.46. The lowest BCUT2D eigenvalue weighted by atomic mass is 10.1. The Morgan fingerprint density at radius 2 is 2.08 bits per heavy atom. The minimum atomic E-state index is 0.197. The van der Waals surface area contributed by atoms with E-state index in [1.165, 1.54) is 0 Å². The maximum atomic E-state index is 11.2. The van der Waals surface area contributed by atoms with Crippen molar-refractivity contribution >= 4 is 28.4 Å². The molecule has 62 valence electrons. The van der Waals surface area contributed by atoms with E-state index in [2.05, 4.69) is 0 Å². The van der Waals surface area contributed by atoms with Crippen LogP contribution in [0.5, 0.6) is 5.75 Å². The lowest BCUT2D eigenvalue weighted by Gasteiger charge is -2.00. The van der Waals surface area contributed by atoms with E-state index < -0.39 is 0 Å². The summed E-state index contributed by atoms with van der Waals surface area (Å²) in [5.74, 6) is 0.479. The zero-order valence-corrected chi connectivity index (χ0v) is 8.46. The van der Waals surface area contributed by atoms with Gasteiger partial charge in [-0.1, -0.05) is 0 Å². The molecule has 0 heterocycles. The number of benzene rings is 1. The highest BCUT2D eigenvalue weighted by Gasteiger charge is 2.20. The van der Waals surface area contributed by atoms with Gasteiger partial charge in [0.1, 0.15) is 5.75 Å². The smallest absolute Gasteiger partial charge is 0.163 e. The summed E-state index contributed by atoms with van der Waals surface area (Å²) in [6.45, 7) is 0. The summed E-state index contributed by atoms with van der Waals surface area (Å²) < 4.78 is 0.751. The number of rotatable bonds is 0. The van der Waals surface area contributed by atoms with Gasteiger partial charge in [-0.2, -0.15) is 0 Å². The standard InChI is InChI=1S/C9H7IO2/c10-7-4-6-5(3-9(7)12)1-2-8(6)11/h3-4,12H,1-2H2. The highest BCUT2D eigenvalue weighted by atomic mass is 127. The third-order valence-corrected chi connectivity index (χ3v) is 2.96. The number of Topliss-reactive ketones (excluding diaryl/α,β-unsaturated/α-hetero) is 1. The van der Waals surface area contributed by atoms with E-state index in [0.717, 1.165) is 21.1 Å². The van der Waals surface area contributed by atoms with Gasteiger partial charge < -0.3 is 5.11 Å². The van der Waals surface area contributed by atoms with Crippen LogP contribution in [0.1, 0.15) is 22.3 Å². The molecule has 0 amide bonds. The van der Waals surface area contributed by atoms with Crippen molar-refractivity contribution in [3.05, 3.63) is 26.8 Å². The first-order valence-corrected chi connectivity index (χ1v) is 4.81. The first kappa shape index (κ1) is 8.04. The molecule has 12 heavy (non-hydrogen) atoms. The predicted octanol–water partition coefficient (Wildman–Crippen LogP) is 2.13. The summed E-state index contributed by atoms with van der Waals surface area (Å²) in [5.41, 5.74) is 1.77. The first-order valence-electron chi connectivity index (χ1n) is 3.73. The van der Waals surface area contributed by atoms with Crippen LogP contribution < -0.4 is 0 Å². The maximum Gasteiger partial charge on any atom is 0.163 e. The van der Waals surface area contributed by atoms with Gasteiger partial charge in [0.2, 0.25) is 0 Å². The Hall–Kier alpha value is -0.580. The number of hydrogen-bond donors (Lipinski definition) is 1. The molecule has 1 aliphatic carbocycles. The van der Waals surface area contributed by atoms with Crippen molar-refractivity contribution in [3.8, 4) is 5.75 Å². The van der Waals surface area contributed by atoms with Gasteiger partial charge in [0.05, 0.1) is 3.57 Å². The molecule has 0 unspecified atom stereocenters. The third-order valence-electron chi connectivity index (χ3n) is 2.09. The molecule has 2 rings (SSSR count). The lowest BCUT2D eigenvalue weighted by Crippen LogP contribution is -1.91. The van der Waals surface area contributed by atoms with Crippen LogP contribution in [0.4, 0.5) is 0 Å². The topological polar surface area (TPSA) is 37.3 Å². The number of phenolic OH excluding ortho intramolecular Hbond substituents is 1. The Bertz CT molecular complexity index is 358. The maximum absolute atomic E-state index is 11.2. The lowest BCUT2D eigenvalue weighted by molar-refractivity contribution is 0.0994. The number of phenols is 1. The van der Waals surface area contributed by atoms with Gasteiger partial charge in [0.25, 0.3) is 0 Å². The molecular weight excluding hydrogens is 267 g/mol. The van der Waals surface area contributed by atoms with Crippen molar-refractivity contribution in [2.45, 2.75) is 12.8 Å². The van der Waals surface area contributed by atoms with E-state index in [-0.39, 0.29) is 11.5 Å². The number of hydrogen-bond acceptors (Lipinski definition) is 2. The Kier molecular flexibility index (Phi) is 1.83. The van der Waals surface area contributed by atoms with Crippen LogP contribution in [-0.2, 0) is 6.42 Å². The molecule has 0 radical (unpaired) electrons. The Balaban J connectivity index is 2.63. The molecule has 0 aliphatic heterocycles. The van der Waals surface area contributed by atoms with E-state index in [4.69, 9.17) is 0 Å². The Morgan fingerprint density at radius 3 is 2.83 bits per heavy atom. The Morgan fingerprint density at radius 1 is 1.33 bits per heavy atom. The molecule has 0 fully saturated rings. The van der Waals surface area contributed by atoms with Crippen LogP contribution in [-0.4, -0.2) is 10.9 Å². The van der Waals surface area contributed by atoms with Crippen LogP contribution in [0.3, 0.4) is 0 Å². The van der Waals surface area contributed by atoms with Gasteiger partial charge in [-0.05, 0) is 46.7 Å². The van der Waals surface area contributed by atoms with Crippen LogP contribution in [0.15, 0.2) is 12.1 Å². The molecule has 0 spiro atoms. The van der Waals surface area contributed by atoms with Gasteiger partial charge in [0, 0.05) is 12.0 Å². The minimum Gasteiger partial charge on any atom is -0.507 e. The second-order valence-electron chi connectivity index (χ2n) is 2.88. The second kappa shape index (κ2) is 2.73. The van der Waals surface area contributed by atoms with Gasteiger partial charge in [-0.15, -0.1) is 0 Å². The number of ketones is 1. The van der Waals surface area contributed by atoms with Gasteiger partial charge >= 0.3 is 0 Å². The Labute approximate surface area is 83.7 Å². The number of carbonyl (C=O) groups is 1. The molecule has 0 bridgehead atoms. The molecule has 0 atom stereocenters.